The molecular weight excluding hydrogens is 251 g/mol. The quantitative estimate of drug-likeness (QED) is 0.382. The predicted molar refractivity (Wildman–Crippen MR) is 55.7 cm³/mol. The summed E-state index contributed by atoms with van der Waals surface area (Å²) in [5.74, 6) is 3.85. The highest BCUT2D eigenvalue weighted by Crippen LogP contribution is 2.28. The number of hydrogen-bond donors (Lipinski definition) is 1. The molecule has 0 aromatic heterocycles. The molecule has 0 aliphatic carbocycles. The second-order valence-electron chi connectivity index (χ2n) is 2.92. The zero-order valence-electron chi connectivity index (χ0n) is 8.77. The molecule has 1 aromatic carbocycles. The monoisotopic (exact) mass is 257 g/mol. The third-order valence-corrected chi connectivity index (χ3v) is 1.62. The van der Waals surface area contributed by atoms with Crippen molar-refractivity contribution in [1.29, 1.82) is 0 Å². The van der Waals surface area contributed by atoms with E-state index in [0.717, 1.165) is 18.2 Å². The van der Waals surface area contributed by atoms with Gasteiger partial charge in [0.15, 0.2) is 0 Å². The van der Waals surface area contributed by atoms with E-state index in [2.05, 4.69) is 26.6 Å². The van der Waals surface area contributed by atoms with Crippen LogP contribution >= 0.6 is 0 Å². The van der Waals surface area contributed by atoms with Crippen molar-refractivity contribution in [3.63, 3.8) is 0 Å². The van der Waals surface area contributed by atoms with E-state index in [4.69, 9.17) is 10.6 Å². The summed E-state index contributed by atoms with van der Waals surface area (Å²) in [5, 5.41) is 12.2. The third kappa shape index (κ3) is 4.55. The highest BCUT2D eigenvalue weighted by Gasteiger charge is 2.32. The van der Waals surface area contributed by atoms with Crippen LogP contribution in [0.1, 0.15) is 5.56 Å². The van der Waals surface area contributed by atoms with Gasteiger partial charge in [-0.15, -0.1) is 13.2 Å². The van der Waals surface area contributed by atoms with E-state index in [1.54, 1.807) is 0 Å². The molecule has 1 rings (SSSR count). The minimum absolute atomic E-state index is 0.152. The molecule has 8 heteroatoms. The van der Waals surface area contributed by atoms with Crippen LogP contribution in [0.15, 0.2) is 23.3 Å². The van der Waals surface area contributed by atoms with Gasteiger partial charge in [-0.2, -0.15) is 0 Å². The van der Waals surface area contributed by atoms with E-state index in [9.17, 15) is 13.2 Å². The second kappa shape index (κ2) is 5.70. The Morgan fingerprint density at radius 3 is 2.78 bits per heavy atom. The van der Waals surface area contributed by atoms with Gasteiger partial charge >= 0.3 is 6.36 Å². The maximum absolute atomic E-state index is 12.1. The molecule has 0 saturated carbocycles. The minimum Gasteiger partial charge on any atom is -0.508 e. The lowest BCUT2D eigenvalue weighted by Crippen LogP contribution is -2.17. The minimum atomic E-state index is -4.85. The Balaban J connectivity index is 3.02. The first-order valence-electron chi connectivity index (χ1n) is 4.51. The molecule has 0 saturated heterocycles. The highest BCUT2D eigenvalue weighted by molar-refractivity contribution is 5.49. The van der Waals surface area contributed by atoms with Crippen molar-refractivity contribution in [3.8, 4) is 23.3 Å². The Bertz CT molecular complexity index is 540. The van der Waals surface area contributed by atoms with Gasteiger partial charge < -0.3 is 9.84 Å². The largest absolute Gasteiger partial charge is 0.573 e. The van der Waals surface area contributed by atoms with Gasteiger partial charge in [0, 0.05) is 4.91 Å². The van der Waals surface area contributed by atoms with Crippen molar-refractivity contribution in [1.82, 2.24) is 0 Å². The molecule has 0 radical (unpaired) electrons. The number of alkyl halides is 3. The number of aromatic hydroxyl groups is 1. The molecule has 0 amide bonds. The highest BCUT2D eigenvalue weighted by atomic mass is 19.4. The molecule has 0 unspecified atom stereocenters. The normalized spacial score (nSPS) is 9.94. The molecule has 0 aliphatic rings. The van der Waals surface area contributed by atoms with Gasteiger partial charge in [0.1, 0.15) is 11.5 Å². The van der Waals surface area contributed by atoms with Crippen LogP contribution in [0, 0.1) is 11.8 Å². The van der Waals surface area contributed by atoms with E-state index in [1.165, 1.54) is 0 Å². The number of hydrogen-bond acceptors (Lipinski definition) is 3. The Kier molecular flexibility index (Phi) is 4.29. The Morgan fingerprint density at radius 1 is 1.44 bits per heavy atom. The van der Waals surface area contributed by atoms with Crippen molar-refractivity contribution in [2.24, 2.45) is 5.11 Å². The lowest BCUT2D eigenvalue weighted by atomic mass is 10.2. The number of phenols is 1. The number of phenolic OH excluding ortho intramolecular Hbond substituents is 1. The van der Waals surface area contributed by atoms with Crippen LogP contribution in [0.3, 0.4) is 0 Å². The fraction of sp³-hybridized carbons (Fsp3) is 0.200. The van der Waals surface area contributed by atoms with Gasteiger partial charge in [-0.25, -0.2) is 0 Å². The number of azide groups is 1. The Morgan fingerprint density at radius 2 is 2.17 bits per heavy atom. The maximum Gasteiger partial charge on any atom is 0.573 e. The van der Waals surface area contributed by atoms with Gasteiger partial charge in [0.2, 0.25) is 0 Å². The average molecular weight is 257 g/mol. The fourth-order valence-electron chi connectivity index (χ4n) is 1.03. The fourth-order valence-corrected chi connectivity index (χ4v) is 1.03. The summed E-state index contributed by atoms with van der Waals surface area (Å²) in [6, 6.07) is 3.00. The number of ether oxygens (including phenoxy) is 1. The summed E-state index contributed by atoms with van der Waals surface area (Å²) in [6.07, 6.45) is -4.85. The van der Waals surface area contributed by atoms with Crippen LogP contribution in [-0.4, -0.2) is 18.0 Å². The lowest BCUT2D eigenvalue weighted by Gasteiger charge is -2.10. The summed E-state index contributed by atoms with van der Waals surface area (Å²) in [7, 11) is 0. The van der Waals surface area contributed by atoms with Gasteiger partial charge in [-0.3, -0.25) is 0 Å². The maximum atomic E-state index is 12.1. The zero-order chi connectivity index (χ0) is 13.6. The van der Waals surface area contributed by atoms with Crippen LogP contribution in [0.4, 0.5) is 13.2 Å². The molecule has 0 bridgehead atoms. The average Bonchev–Trinajstić information content (AvgIpc) is 2.26. The van der Waals surface area contributed by atoms with Crippen molar-refractivity contribution < 1.29 is 23.0 Å². The summed E-state index contributed by atoms with van der Waals surface area (Å²) in [5.41, 5.74) is 7.84. The Labute approximate surface area is 99.4 Å². The zero-order valence-corrected chi connectivity index (χ0v) is 8.77. The standard InChI is InChI=1S/C10H6F3N3O2/c11-10(12,13)18-9-4-3-8(17)6-7(9)2-1-5-15-16-14/h3-4,6,17H,5H2. The summed E-state index contributed by atoms with van der Waals surface area (Å²) < 4.78 is 39.9. The number of benzene rings is 1. The van der Waals surface area contributed by atoms with Gasteiger partial charge in [-0.1, -0.05) is 17.0 Å². The smallest absolute Gasteiger partial charge is 0.508 e. The molecule has 0 aliphatic heterocycles. The van der Waals surface area contributed by atoms with Crippen LogP contribution in [-0.2, 0) is 0 Å². The molecular formula is C10H6F3N3O2. The van der Waals surface area contributed by atoms with E-state index in [0.29, 0.717) is 0 Å². The van der Waals surface area contributed by atoms with Crippen molar-refractivity contribution in [2.45, 2.75) is 6.36 Å². The number of rotatable bonds is 2. The van der Waals surface area contributed by atoms with Crippen molar-refractivity contribution >= 4 is 0 Å². The Hall–Kier alpha value is -2.52. The van der Waals surface area contributed by atoms with Gasteiger partial charge in [-0.05, 0) is 23.7 Å². The van der Waals surface area contributed by atoms with Crippen LogP contribution in [0.2, 0.25) is 0 Å². The molecule has 0 atom stereocenters. The number of halogens is 3. The van der Waals surface area contributed by atoms with E-state index >= 15 is 0 Å². The van der Waals surface area contributed by atoms with E-state index < -0.39 is 12.1 Å². The van der Waals surface area contributed by atoms with Crippen molar-refractivity contribution in [3.05, 3.63) is 34.2 Å². The first-order chi connectivity index (χ1) is 8.42. The molecule has 1 aromatic rings. The van der Waals surface area contributed by atoms with Crippen LogP contribution in [0.25, 0.3) is 10.4 Å². The first kappa shape index (κ1) is 13.5. The summed E-state index contributed by atoms with van der Waals surface area (Å²) >= 11 is 0. The topological polar surface area (TPSA) is 78.2 Å². The number of nitrogens with zero attached hydrogens (tertiary/aromatic N) is 3. The molecule has 0 heterocycles. The van der Waals surface area contributed by atoms with Gasteiger partial charge in [0.25, 0.3) is 0 Å². The lowest BCUT2D eigenvalue weighted by molar-refractivity contribution is -0.274. The molecule has 1 N–H and O–H groups in total. The molecule has 18 heavy (non-hydrogen) atoms. The first-order valence-corrected chi connectivity index (χ1v) is 4.51. The summed E-state index contributed by atoms with van der Waals surface area (Å²) in [4.78, 5) is 2.43. The SMILES string of the molecule is [N-]=[N+]=NCC#Cc1cc(O)ccc1OC(F)(F)F. The van der Waals surface area contributed by atoms with E-state index in [1.807, 2.05) is 0 Å². The molecule has 0 spiro atoms. The van der Waals surface area contributed by atoms with Crippen LogP contribution in [0.5, 0.6) is 11.5 Å². The predicted octanol–water partition coefficient (Wildman–Crippen LogP) is 2.95. The van der Waals surface area contributed by atoms with E-state index in [-0.39, 0.29) is 17.9 Å². The molecule has 5 nitrogen and oxygen atoms in total. The molecule has 0 fully saturated rings. The van der Waals surface area contributed by atoms with Crippen LogP contribution < -0.4 is 4.74 Å². The second-order valence-corrected chi connectivity index (χ2v) is 2.92. The summed E-state index contributed by atoms with van der Waals surface area (Å²) in [6.45, 7) is -0.197. The molecule has 94 valence electrons. The van der Waals surface area contributed by atoms with Crippen molar-refractivity contribution in [2.75, 3.05) is 6.54 Å². The third-order valence-electron chi connectivity index (χ3n) is 1.62. The van der Waals surface area contributed by atoms with Gasteiger partial charge in [0.05, 0.1) is 12.1 Å².